The first-order chi connectivity index (χ1) is 9.08. The molecule has 0 saturated heterocycles. The van der Waals surface area contributed by atoms with Crippen LogP contribution in [0.25, 0.3) is 22.6 Å². The van der Waals surface area contributed by atoms with Crippen molar-refractivity contribution in [3.8, 4) is 11.5 Å². The van der Waals surface area contributed by atoms with E-state index in [-0.39, 0.29) is 0 Å². The van der Waals surface area contributed by atoms with E-state index in [2.05, 4.69) is 58.1 Å². The number of aromatic amines is 1. The van der Waals surface area contributed by atoms with Gasteiger partial charge in [0, 0.05) is 11.5 Å². The van der Waals surface area contributed by atoms with Crippen molar-refractivity contribution in [1.29, 1.82) is 0 Å². The summed E-state index contributed by atoms with van der Waals surface area (Å²) in [6, 6.07) is 6.21. The highest BCUT2D eigenvalue weighted by molar-refractivity contribution is 9.10. The Morgan fingerprint density at radius 3 is 2.79 bits per heavy atom. The molecular formula is C14H15BrN4. The fourth-order valence-electron chi connectivity index (χ4n) is 2.29. The average Bonchev–Trinajstić information content (AvgIpc) is 2.92. The van der Waals surface area contributed by atoms with E-state index in [1.54, 1.807) is 0 Å². The number of imidazole rings is 1. The van der Waals surface area contributed by atoms with Gasteiger partial charge in [0.05, 0.1) is 16.7 Å². The molecule has 5 heteroatoms. The van der Waals surface area contributed by atoms with Gasteiger partial charge in [-0.15, -0.1) is 0 Å². The molecule has 0 atom stereocenters. The van der Waals surface area contributed by atoms with E-state index in [1.807, 2.05) is 11.7 Å². The van der Waals surface area contributed by atoms with Crippen LogP contribution in [0.3, 0.4) is 0 Å². The second-order valence-electron chi connectivity index (χ2n) is 4.70. The van der Waals surface area contributed by atoms with Crippen LogP contribution in [0.15, 0.2) is 22.7 Å². The summed E-state index contributed by atoms with van der Waals surface area (Å²) in [7, 11) is 1.95. The smallest absolute Gasteiger partial charge is 0.156 e. The van der Waals surface area contributed by atoms with E-state index in [1.165, 1.54) is 0 Å². The number of rotatable bonds is 2. The van der Waals surface area contributed by atoms with Crippen LogP contribution < -0.4 is 0 Å². The van der Waals surface area contributed by atoms with Gasteiger partial charge in [-0.3, -0.25) is 4.68 Å². The molecule has 0 aliphatic heterocycles. The summed E-state index contributed by atoms with van der Waals surface area (Å²) in [5, 5.41) is 4.46. The molecule has 0 radical (unpaired) electrons. The summed E-state index contributed by atoms with van der Waals surface area (Å²) >= 11 is 3.51. The van der Waals surface area contributed by atoms with Gasteiger partial charge in [0.2, 0.25) is 0 Å². The third-order valence-electron chi connectivity index (χ3n) is 3.28. The number of nitrogens with zero attached hydrogens (tertiary/aromatic N) is 3. The van der Waals surface area contributed by atoms with E-state index in [4.69, 9.17) is 4.98 Å². The highest BCUT2D eigenvalue weighted by atomic mass is 79.9. The molecule has 3 rings (SSSR count). The maximum Gasteiger partial charge on any atom is 0.156 e. The average molecular weight is 319 g/mol. The standard InChI is InChI=1S/C14H15BrN4/c1-4-10-7-12(19(3)18-10)14-16-11-6-9(15)5-8(2)13(11)17-14/h5-7H,4H2,1-3H3,(H,16,17). The van der Waals surface area contributed by atoms with E-state index in [9.17, 15) is 0 Å². The number of hydrogen-bond donors (Lipinski definition) is 1. The van der Waals surface area contributed by atoms with Crippen molar-refractivity contribution in [3.63, 3.8) is 0 Å². The quantitative estimate of drug-likeness (QED) is 0.784. The molecule has 0 bridgehead atoms. The van der Waals surface area contributed by atoms with Gasteiger partial charge in [-0.05, 0) is 37.1 Å². The van der Waals surface area contributed by atoms with Crippen molar-refractivity contribution in [2.75, 3.05) is 0 Å². The number of halogens is 1. The minimum absolute atomic E-state index is 0.867. The summed E-state index contributed by atoms with van der Waals surface area (Å²) in [5.41, 5.74) is 5.31. The number of aryl methyl sites for hydroxylation is 3. The number of H-pyrrole nitrogens is 1. The number of nitrogens with one attached hydrogen (secondary N) is 1. The molecule has 98 valence electrons. The third-order valence-corrected chi connectivity index (χ3v) is 3.74. The van der Waals surface area contributed by atoms with Crippen molar-refractivity contribution in [2.45, 2.75) is 20.3 Å². The van der Waals surface area contributed by atoms with Gasteiger partial charge in [0.1, 0.15) is 5.69 Å². The molecule has 0 unspecified atom stereocenters. The number of aromatic nitrogens is 4. The topological polar surface area (TPSA) is 46.5 Å². The Balaban J connectivity index is 2.20. The van der Waals surface area contributed by atoms with Gasteiger partial charge >= 0.3 is 0 Å². The first-order valence-electron chi connectivity index (χ1n) is 6.27. The Labute approximate surface area is 120 Å². The largest absolute Gasteiger partial charge is 0.337 e. The molecule has 19 heavy (non-hydrogen) atoms. The first kappa shape index (κ1) is 12.4. The Kier molecular flexibility index (Phi) is 2.93. The van der Waals surface area contributed by atoms with Crippen molar-refractivity contribution < 1.29 is 0 Å². The monoisotopic (exact) mass is 318 g/mol. The lowest BCUT2D eigenvalue weighted by atomic mass is 10.2. The van der Waals surface area contributed by atoms with Crippen molar-refractivity contribution in [1.82, 2.24) is 19.7 Å². The second-order valence-corrected chi connectivity index (χ2v) is 5.62. The van der Waals surface area contributed by atoms with Crippen molar-refractivity contribution in [3.05, 3.63) is 33.9 Å². The van der Waals surface area contributed by atoms with Crippen LogP contribution in [0.1, 0.15) is 18.2 Å². The number of fused-ring (bicyclic) bond motifs is 1. The summed E-state index contributed by atoms with van der Waals surface area (Å²) in [6.07, 6.45) is 0.929. The molecule has 0 aliphatic rings. The summed E-state index contributed by atoms with van der Waals surface area (Å²) in [5.74, 6) is 0.867. The fourth-order valence-corrected chi connectivity index (χ4v) is 2.86. The molecule has 1 N–H and O–H groups in total. The Hall–Kier alpha value is -1.62. The molecule has 2 heterocycles. The second kappa shape index (κ2) is 4.49. The predicted octanol–water partition coefficient (Wildman–Crippen LogP) is 3.60. The maximum absolute atomic E-state index is 4.69. The van der Waals surface area contributed by atoms with Crippen LogP contribution >= 0.6 is 15.9 Å². The molecule has 0 saturated carbocycles. The highest BCUT2D eigenvalue weighted by Gasteiger charge is 2.12. The predicted molar refractivity (Wildman–Crippen MR) is 80.1 cm³/mol. The Morgan fingerprint density at radius 2 is 2.11 bits per heavy atom. The van der Waals surface area contributed by atoms with Crippen LogP contribution in [0.2, 0.25) is 0 Å². The van der Waals surface area contributed by atoms with E-state index < -0.39 is 0 Å². The molecule has 0 fully saturated rings. The molecule has 0 spiro atoms. The van der Waals surface area contributed by atoms with Crippen LogP contribution in [0.4, 0.5) is 0 Å². The summed E-state index contributed by atoms with van der Waals surface area (Å²) in [6.45, 7) is 4.17. The van der Waals surface area contributed by atoms with E-state index in [0.29, 0.717) is 0 Å². The third kappa shape index (κ3) is 2.08. The summed E-state index contributed by atoms with van der Waals surface area (Å²) < 4.78 is 2.94. The zero-order chi connectivity index (χ0) is 13.6. The maximum atomic E-state index is 4.69. The zero-order valence-corrected chi connectivity index (χ0v) is 12.7. The minimum atomic E-state index is 0.867. The lowest BCUT2D eigenvalue weighted by molar-refractivity contribution is 0.749. The van der Waals surface area contributed by atoms with Crippen molar-refractivity contribution >= 4 is 27.0 Å². The van der Waals surface area contributed by atoms with Crippen molar-refractivity contribution in [2.24, 2.45) is 7.05 Å². The number of hydrogen-bond acceptors (Lipinski definition) is 2. The summed E-state index contributed by atoms with van der Waals surface area (Å²) in [4.78, 5) is 8.06. The molecular weight excluding hydrogens is 304 g/mol. The number of benzene rings is 1. The van der Waals surface area contributed by atoms with Gasteiger partial charge in [-0.25, -0.2) is 4.98 Å². The van der Waals surface area contributed by atoms with Gasteiger partial charge in [-0.2, -0.15) is 5.10 Å². The Bertz CT molecular complexity index is 754. The first-order valence-corrected chi connectivity index (χ1v) is 7.07. The van der Waals surface area contributed by atoms with E-state index in [0.717, 1.165) is 44.7 Å². The zero-order valence-electron chi connectivity index (χ0n) is 11.2. The molecule has 4 nitrogen and oxygen atoms in total. The van der Waals surface area contributed by atoms with Crippen LogP contribution in [0, 0.1) is 6.92 Å². The van der Waals surface area contributed by atoms with Gasteiger partial charge < -0.3 is 4.98 Å². The lowest BCUT2D eigenvalue weighted by Gasteiger charge is -1.95. The molecule has 1 aromatic carbocycles. The normalized spacial score (nSPS) is 11.4. The molecule has 0 aliphatic carbocycles. The van der Waals surface area contributed by atoms with Gasteiger partial charge in [0.15, 0.2) is 5.82 Å². The SMILES string of the molecule is CCc1cc(-c2nc3c(C)cc(Br)cc3[nH]2)n(C)n1. The molecule has 3 aromatic rings. The lowest BCUT2D eigenvalue weighted by Crippen LogP contribution is -1.95. The van der Waals surface area contributed by atoms with Gasteiger partial charge in [0.25, 0.3) is 0 Å². The van der Waals surface area contributed by atoms with Crippen LogP contribution in [-0.4, -0.2) is 19.7 Å². The van der Waals surface area contributed by atoms with E-state index >= 15 is 0 Å². The molecule has 2 aromatic heterocycles. The van der Waals surface area contributed by atoms with Crippen LogP contribution in [0.5, 0.6) is 0 Å². The highest BCUT2D eigenvalue weighted by Crippen LogP contribution is 2.26. The Morgan fingerprint density at radius 1 is 1.32 bits per heavy atom. The molecule has 0 amide bonds. The van der Waals surface area contributed by atoms with Gasteiger partial charge in [-0.1, -0.05) is 22.9 Å². The fraction of sp³-hybridized carbons (Fsp3) is 0.286. The minimum Gasteiger partial charge on any atom is -0.337 e. The van der Waals surface area contributed by atoms with Crippen LogP contribution in [-0.2, 0) is 13.5 Å².